The summed E-state index contributed by atoms with van der Waals surface area (Å²) in [5.41, 5.74) is 0.499. The van der Waals surface area contributed by atoms with Gasteiger partial charge in [-0.05, 0) is 55.7 Å². The van der Waals surface area contributed by atoms with Crippen molar-refractivity contribution in [3.05, 3.63) is 77.3 Å². The lowest BCUT2D eigenvalue weighted by Crippen LogP contribution is -2.39. The number of aromatic carboxylic acids is 1. The third-order valence-corrected chi connectivity index (χ3v) is 7.72. The Morgan fingerprint density at radius 1 is 1.07 bits per heavy atom. The van der Waals surface area contributed by atoms with Crippen LogP contribution in [0.3, 0.4) is 0 Å². The Balaban J connectivity index is 1.06. The van der Waals surface area contributed by atoms with E-state index in [-0.39, 0.29) is 36.1 Å². The fourth-order valence-electron chi connectivity index (χ4n) is 5.33. The molecule has 4 heterocycles. The van der Waals surface area contributed by atoms with E-state index in [1.54, 1.807) is 24.3 Å². The van der Waals surface area contributed by atoms with Crippen molar-refractivity contribution < 1.29 is 41.7 Å². The predicted molar refractivity (Wildman–Crippen MR) is 148 cm³/mol. The maximum atomic E-state index is 13.4. The van der Waals surface area contributed by atoms with Crippen LogP contribution in [0.15, 0.2) is 48.7 Å². The van der Waals surface area contributed by atoms with Crippen LogP contribution < -0.4 is 9.47 Å². The van der Waals surface area contributed by atoms with Gasteiger partial charge in [-0.3, -0.25) is 4.90 Å². The molecule has 14 heteroatoms. The van der Waals surface area contributed by atoms with Crippen LogP contribution in [0.1, 0.15) is 46.8 Å². The van der Waals surface area contributed by atoms with Crippen molar-refractivity contribution in [3.63, 3.8) is 0 Å². The first-order chi connectivity index (χ1) is 21.1. The highest BCUT2D eigenvalue weighted by molar-refractivity contribution is 5.92. The van der Waals surface area contributed by atoms with Crippen molar-refractivity contribution in [1.82, 2.24) is 24.4 Å². The number of aromatic nitrogens is 4. The number of carboxylic acids is 1. The average Bonchev–Trinajstić information content (AvgIpc) is 3.30. The second-order valence-electron chi connectivity index (χ2n) is 10.8. The molecule has 4 aromatic rings. The molecule has 0 saturated carbocycles. The molecule has 0 amide bonds. The van der Waals surface area contributed by atoms with Crippen LogP contribution in [-0.4, -0.2) is 67.4 Å². The Labute approximate surface area is 249 Å². The second-order valence-corrected chi connectivity index (χ2v) is 10.8. The second kappa shape index (κ2) is 12.4. The minimum Gasteiger partial charge on any atom is -0.485 e. The maximum Gasteiger partial charge on any atom is 0.420 e. The van der Waals surface area contributed by atoms with Crippen molar-refractivity contribution in [1.29, 1.82) is 0 Å². The number of fused-ring (bicyclic) bond motifs is 1. The van der Waals surface area contributed by atoms with Crippen molar-refractivity contribution >= 4 is 17.0 Å². The number of rotatable bonds is 10. The molecule has 2 aromatic heterocycles. The number of halogens is 4. The Hall–Kier alpha value is -4.30. The van der Waals surface area contributed by atoms with Crippen molar-refractivity contribution in [3.8, 4) is 11.6 Å². The van der Waals surface area contributed by atoms with E-state index in [4.69, 9.17) is 19.2 Å². The Kier molecular flexibility index (Phi) is 8.36. The number of carboxylic acid groups (broad SMARTS) is 1. The first-order valence-corrected chi connectivity index (χ1v) is 14.2. The molecule has 2 saturated heterocycles. The standard InChI is InChI=1S/C30H29F4N5O5/c31-19-2-4-25(22(14-19)30(32,33)34)43-17-26-35-9-5-28(37-26)44-20-6-10-38(11-7-20)16-27-36-23-3-1-18(29(40)41)13-24(23)39(27)15-21-8-12-42-21/h1-5,9,13-14,20-21H,6-8,10-12,15-17H2,(H,40,41). The summed E-state index contributed by atoms with van der Waals surface area (Å²) < 4.78 is 72.3. The fourth-order valence-corrected chi connectivity index (χ4v) is 5.33. The summed E-state index contributed by atoms with van der Waals surface area (Å²) in [6.07, 6.45) is -1.05. The zero-order valence-electron chi connectivity index (χ0n) is 23.5. The first-order valence-electron chi connectivity index (χ1n) is 14.2. The van der Waals surface area contributed by atoms with Crippen molar-refractivity contribution in [2.75, 3.05) is 19.7 Å². The van der Waals surface area contributed by atoms with Crippen LogP contribution in [0.2, 0.25) is 0 Å². The van der Waals surface area contributed by atoms with E-state index in [2.05, 4.69) is 19.4 Å². The molecule has 2 aromatic carbocycles. The quantitative estimate of drug-likeness (QED) is 0.244. The number of alkyl halides is 3. The van der Waals surface area contributed by atoms with E-state index in [1.165, 1.54) is 6.20 Å². The Bertz CT molecular complexity index is 1650. The zero-order valence-corrected chi connectivity index (χ0v) is 23.5. The van der Waals surface area contributed by atoms with Gasteiger partial charge in [0.1, 0.15) is 35.7 Å². The topological polar surface area (TPSA) is 112 Å². The number of nitrogens with zero attached hydrogens (tertiary/aromatic N) is 5. The molecule has 2 aliphatic rings. The largest absolute Gasteiger partial charge is 0.485 e. The van der Waals surface area contributed by atoms with Gasteiger partial charge in [-0.1, -0.05) is 0 Å². The summed E-state index contributed by atoms with van der Waals surface area (Å²) in [5.74, 6) is -1.28. The van der Waals surface area contributed by atoms with Gasteiger partial charge in [0.2, 0.25) is 5.88 Å². The molecule has 2 fully saturated rings. The molecule has 10 nitrogen and oxygen atoms in total. The van der Waals surface area contributed by atoms with E-state index in [0.717, 1.165) is 48.5 Å². The number of benzene rings is 2. The van der Waals surface area contributed by atoms with Gasteiger partial charge in [0.25, 0.3) is 0 Å². The van der Waals surface area contributed by atoms with Gasteiger partial charge in [-0.25, -0.2) is 19.2 Å². The van der Waals surface area contributed by atoms with E-state index in [1.807, 2.05) is 0 Å². The molecule has 6 rings (SSSR count). The van der Waals surface area contributed by atoms with Gasteiger partial charge in [0.05, 0.1) is 35.8 Å². The van der Waals surface area contributed by atoms with E-state index >= 15 is 0 Å². The summed E-state index contributed by atoms with van der Waals surface area (Å²) in [6, 6.07) is 8.72. The molecule has 232 valence electrons. The number of ether oxygens (including phenoxy) is 3. The monoisotopic (exact) mass is 615 g/mol. The smallest absolute Gasteiger partial charge is 0.420 e. The van der Waals surface area contributed by atoms with Gasteiger partial charge in [0, 0.05) is 32.0 Å². The number of imidazole rings is 1. The molecule has 0 spiro atoms. The number of hydrogen-bond donors (Lipinski definition) is 1. The maximum absolute atomic E-state index is 13.4. The van der Waals surface area contributed by atoms with Crippen molar-refractivity contribution in [2.45, 2.75) is 57.3 Å². The number of piperidine rings is 1. The number of carbonyl (C=O) groups is 1. The minimum absolute atomic E-state index is 0.0734. The van der Waals surface area contributed by atoms with Gasteiger partial charge in [-0.2, -0.15) is 18.2 Å². The molecule has 0 radical (unpaired) electrons. The van der Waals surface area contributed by atoms with E-state index in [0.29, 0.717) is 38.6 Å². The van der Waals surface area contributed by atoms with Crippen LogP contribution in [0, 0.1) is 5.82 Å². The summed E-state index contributed by atoms with van der Waals surface area (Å²) in [5, 5.41) is 9.47. The number of likely N-dealkylation sites (tertiary alicyclic amines) is 1. The summed E-state index contributed by atoms with van der Waals surface area (Å²) in [6.45, 7) is 2.99. The summed E-state index contributed by atoms with van der Waals surface area (Å²) in [4.78, 5) is 27.0. The van der Waals surface area contributed by atoms with Crippen LogP contribution in [0.25, 0.3) is 11.0 Å². The normalized spacial score (nSPS) is 17.9. The number of hydrogen-bond acceptors (Lipinski definition) is 8. The fraction of sp³-hybridized carbons (Fsp3) is 0.400. The molecule has 0 bridgehead atoms. The predicted octanol–water partition coefficient (Wildman–Crippen LogP) is 5.09. The third kappa shape index (κ3) is 6.76. The van der Waals surface area contributed by atoms with Gasteiger partial charge in [0.15, 0.2) is 5.82 Å². The van der Waals surface area contributed by atoms with E-state index in [9.17, 15) is 27.5 Å². The molecule has 2 aliphatic heterocycles. The van der Waals surface area contributed by atoms with Gasteiger partial charge >= 0.3 is 12.1 Å². The van der Waals surface area contributed by atoms with Gasteiger partial charge < -0.3 is 23.9 Å². The van der Waals surface area contributed by atoms with Crippen LogP contribution in [0.4, 0.5) is 17.6 Å². The lowest BCUT2D eigenvalue weighted by molar-refractivity contribution is -0.139. The van der Waals surface area contributed by atoms with Crippen LogP contribution >= 0.6 is 0 Å². The highest BCUT2D eigenvalue weighted by Gasteiger charge is 2.35. The minimum atomic E-state index is -4.78. The highest BCUT2D eigenvalue weighted by Crippen LogP contribution is 2.37. The molecule has 1 N–H and O–H groups in total. The van der Waals surface area contributed by atoms with Crippen LogP contribution in [-0.2, 0) is 30.6 Å². The molecular formula is C30H29F4N5O5. The lowest BCUT2D eigenvalue weighted by atomic mass is 10.1. The Morgan fingerprint density at radius 2 is 1.86 bits per heavy atom. The molecule has 44 heavy (non-hydrogen) atoms. The first kappa shape index (κ1) is 29.8. The molecule has 0 aliphatic carbocycles. The summed E-state index contributed by atoms with van der Waals surface area (Å²) >= 11 is 0. The average molecular weight is 616 g/mol. The highest BCUT2D eigenvalue weighted by atomic mass is 19.4. The molecule has 1 unspecified atom stereocenters. The molecule has 1 atom stereocenters. The van der Waals surface area contributed by atoms with Gasteiger partial charge in [-0.15, -0.1) is 0 Å². The van der Waals surface area contributed by atoms with Crippen LogP contribution in [0.5, 0.6) is 11.6 Å². The Morgan fingerprint density at radius 3 is 2.57 bits per heavy atom. The van der Waals surface area contributed by atoms with E-state index < -0.39 is 29.3 Å². The molecular weight excluding hydrogens is 586 g/mol. The SMILES string of the molecule is O=C(O)c1ccc2nc(CN3CCC(Oc4ccnc(COc5ccc(F)cc5C(F)(F)F)n4)CC3)n(CC3CCO3)c2c1. The lowest BCUT2D eigenvalue weighted by Gasteiger charge is -2.32. The zero-order chi connectivity index (χ0) is 30.8. The summed E-state index contributed by atoms with van der Waals surface area (Å²) in [7, 11) is 0. The third-order valence-electron chi connectivity index (χ3n) is 7.72. The van der Waals surface area contributed by atoms with Crippen molar-refractivity contribution in [2.24, 2.45) is 0 Å².